The first kappa shape index (κ1) is 13.1. The summed E-state index contributed by atoms with van der Waals surface area (Å²) in [7, 11) is 0. The first-order valence-corrected chi connectivity index (χ1v) is 5.81. The molecule has 2 rings (SSSR count). The average molecular weight is 261 g/mol. The summed E-state index contributed by atoms with van der Waals surface area (Å²) in [5.41, 5.74) is 7.06. The second-order valence-corrected chi connectivity index (χ2v) is 4.22. The highest BCUT2D eigenvalue weighted by Gasteiger charge is 2.13. The largest absolute Gasteiger partial charge is 0.399 e. The summed E-state index contributed by atoms with van der Waals surface area (Å²) < 4.78 is 4.80. The van der Waals surface area contributed by atoms with Gasteiger partial charge < -0.3 is 20.7 Å². The van der Waals surface area contributed by atoms with Gasteiger partial charge in [-0.1, -0.05) is 17.3 Å². The highest BCUT2D eigenvalue weighted by atomic mass is 16.5. The van der Waals surface area contributed by atoms with E-state index in [1.807, 2.05) is 0 Å². The lowest BCUT2D eigenvalue weighted by Crippen LogP contribution is -2.28. The number of benzene rings is 1. The van der Waals surface area contributed by atoms with Gasteiger partial charge in [0.1, 0.15) is 5.76 Å². The second kappa shape index (κ2) is 5.53. The number of nitrogens with zero attached hydrogens (tertiary/aromatic N) is 1. The van der Waals surface area contributed by atoms with Crippen molar-refractivity contribution in [2.24, 2.45) is 0 Å². The first-order chi connectivity index (χ1) is 9.06. The Bertz CT molecular complexity index is 563. The van der Waals surface area contributed by atoms with E-state index in [0.717, 1.165) is 0 Å². The van der Waals surface area contributed by atoms with E-state index in [2.05, 4.69) is 10.5 Å². The highest BCUT2D eigenvalue weighted by Crippen LogP contribution is 2.14. The first-order valence-electron chi connectivity index (χ1n) is 5.81. The normalized spacial score (nSPS) is 12.1. The summed E-state index contributed by atoms with van der Waals surface area (Å²) in [6, 6.07) is 8.35. The van der Waals surface area contributed by atoms with Gasteiger partial charge in [0.25, 0.3) is 5.91 Å². The van der Waals surface area contributed by atoms with Crippen LogP contribution >= 0.6 is 0 Å². The van der Waals surface area contributed by atoms with Crippen LogP contribution in [0.4, 0.5) is 5.69 Å². The maximum absolute atomic E-state index is 11.7. The Morgan fingerprint density at radius 2 is 2.16 bits per heavy atom. The molecule has 1 aromatic heterocycles. The lowest BCUT2D eigenvalue weighted by atomic mass is 10.1. The Balaban J connectivity index is 1.91. The van der Waals surface area contributed by atoms with Crippen LogP contribution in [0, 0.1) is 6.92 Å². The van der Waals surface area contributed by atoms with Crippen molar-refractivity contribution in [2.45, 2.75) is 13.0 Å². The van der Waals surface area contributed by atoms with Crippen LogP contribution in [0.1, 0.15) is 27.9 Å². The third-order valence-electron chi connectivity index (χ3n) is 2.64. The van der Waals surface area contributed by atoms with Crippen molar-refractivity contribution in [3.63, 3.8) is 0 Å². The van der Waals surface area contributed by atoms with Crippen molar-refractivity contribution >= 4 is 11.6 Å². The fourth-order valence-corrected chi connectivity index (χ4v) is 1.59. The molecule has 1 heterocycles. The molecular formula is C13H15N3O3. The molecule has 0 spiro atoms. The van der Waals surface area contributed by atoms with Gasteiger partial charge in [0.05, 0.1) is 6.10 Å². The number of nitrogens with two attached hydrogens (primary N) is 1. The molecule has 0 aliphatic heterocycles. The smallest absolute Gasteiger partial charge is 0.273 e. The Hall–Kier alpha value is -2.34. The lowest BCUT2D eigenvalue weighted by molar-refractivity contribution is 0.0907. The van der Waals surface area contributed by atoms with Gasteiger partial charge in [-0.15, -0.1) is 0 Å². The highest BCUT2D eigenvalue weighted by molar-refractivity contribution is 5.92. The maximum atomic E-state index is 11.7. The van der Waals surface area contributed by atoms with E-state index in [1.54, 1.807) is 31.2 Å². The van der Waals surface area contributed by atoms with Gasteiger partial charge in [-0.25, -0.2) is 0 Å². The van der Waals surface area contributed by atoms with Crippen LogP contribution in [-0.4, -0.2) is 22.7 Å². The molecule has 1 unspecified atom stereocenters. The standard InChI is InChI=1S/C13H15N3O3/c1-8-6-11(16-19-8)13(18)15-7-12(17)9-2-4-10(14)5-3-9/h2-6,12,17H,7,14H2,1H3,(H,15,18). The molecule has 6 heteroatoms. The summed E-state index contributed by atoms with van der Waals surface area (Å²) >= 11 is 0. The van der Waals surface area contributed by atoms with Crippen LogP contribution in [0.25, 0.3) is 0 Å². The average Bonchev–Trinajstić information content (AvgIpc) is 2.83. The Kier molecular flexibility index (Phi) is 3.82. The Morgan fingerprint density at radius 1 is 1.47 bits per heavy atom. The molecule has 2 aromatic rings. The van der Waals surface area contributed by atoms with Gasteiger partial charge in [0.15, 0.2) is 5.69 Å². The minimum Gasteiger partial charge on any atom is -0.399 e. The van der Waals surface area contributed by atoms with E-state index < -0.39 is 6.10 Å². The summed E-state index contributed by atoms with van der Waals surface area (Å²) in [5, 5.41) is 16.1. The summed E-state index contributed by atoms with van der Waals surface area (Å²) in [6.45, 7) is 1.79. The number of anilines is 1. The van der Waals surface area contributed by atoms with Crippen molar-refractivity contribution in [3.05, 3.63) is 47.3 Å². The topological polar surface area (TPSA) is 101 Å². The van der Waals surface area contributed by atoms with Gasteiger partial charge in [-0.05, 0) is 24.6 Å². The van der Waals surface area contributed by atoms with Gasteiger partial charge in [0.2, 0.25) is 0 Å². The van der Waals surface area contributed by atoms with Crippen LogP contribution in [0.3, 0.4) is 0 Å². The second-order valence-electron chi connectivity index (χ2n) is 4.22. The molecule has 0 bridgehead atoms. The Labute approximate surface area is 110 Å². The number of nitrogen functional groups attached to an aromatic ring is 1. The lowest BCUT2D eigenvalue weighted by Gasteiger charge is -2.11. The van der Waals surface area contributed by atoms with E-state index in [1.165, 1.54) is 6.07 Å². The number of rotatable bonds is 4. The molecule has 1 amide bonds. The summed E-state index contributed by atoms with van der Waals surface area (Å²) in [6.07, 6.45) is -0.794. The number of carbonyl (C=O) groups excluding carboxylic acids is 1. The zero-order valence-corrected chi connectivity index (χ0v) is 10.5. The van der Waals surface area contributed by atoms with Crippen LogP contribution in [0.2, 0.25) is 0 Å². The number of aliphatic hydroxyl groups excluding tert-OH is 1. The quantitative estimate of drug-likeness (QED) is 0.713. The molecule has 0 saturated heterocycles. The zero-order chi connectivity index (χ0) is 13.8. The molecule has 4 N–H and O–H groups in total. The number of carbonyl (C=O) groups is 1. The number of aromatic nitrogens is 1. The van der Waals surface area contributed by atoms with Crippen LogP contribution < -0.4 is 11.1 Å². The number of nitrogens with one attached hydrogen (secondary N) is 1. The fraction of sp³-hybridized carbons (Fsp3) is 0.231. The minimum absolute atomic E-state index is 0.0919. The van der Waals surface area contributed by atoms with E-state index in [9.17, 15) is 9.90 Å². The number of amides is 1. The zero-order valence-electron chi connectivity index (χ0n) is 10.5. The van der Waals surface area contributed by atoms with Crippen molar-refractivity contribution in [1.82, 2.24) is 10.5 Å². The molecule has 19 heavy (non-hydrogen) atoms. The monoisotopic (exact) mass is 261 g/mol. The van der Waals surface area contributed by atoms with Crippen LogP contribution in [-0.2, 0) is 0 Å². The predicted octanol–water partition coefficient (Wildman–Crippen LogP) is 1.03. The number of aliphatic hydroxyl groups is 1. The molecule has 100 valence electrons. The molecule has 6 nitrogen and oxygen atoms in total. The molecule has 0 saturated carbocycles. The predicted molar refractivity (Wildman–Crippen MR) is 69.4 cm³/mol. The van der Waals surface area contributed by atoms with Crippen molar-refractivity contribution in [2.75, 3.05) is 12.3 Å². The molecular weight excluding hydrogens is 246 g/mol. The molecule has 0 radical (unpaired) electrons. The van der Waals surface area contributed by atoms with Crippen LogP contribution in [0.15, 0.2) is 34.9 Å². The summed E-state index contributed by atoms with van der Waals surface area (Å²) in [5.74, 6) is 0.176. The van der Waals surface area contributed by atoms with Crippen molar-refractivity contribution in [1.29, 1.82) is 0 Å². The van der Waals surface area contributed by atoms with E-state index in [4.69, 9.17) is 10.3 Å². The molecule has 0 aliphatic carbocycles. The number of hydrogen-bond donors (Lipinski definition) is 3. The molecule has 1 aromatic carbocycles. The van der Waals surface area contributed by atoms with E-state index in [0.29, 0.717) is 17.0 Å². The molecule has 1 atom stereocenters. The van der Waals surface area contributed by atoms with Gasteiger partial charge in [-0.3, -0.25) is 4.79 Å². The maximum Gasteiger partial charge on any atom is 0.273 e. The van der Waals surface area contributed by atoms with E-state index in [-0.39, 0.29) is 18.1 Å². The summed E-state index contributed by atoms with van der Waals surface area (Å²) in [4.78, 5) is 11.7. The fourth-order valence-electron chi connectivity index (χ4n) is 1.59. The van der Waals surface area contributed by atoms with Gasteiger partial charge >= 0.3 is 0 Å². The van der Waals surface area contributed by atoms with Crippen molar-refractivity contribution < 1.29 is 14.4 Å². The van der Waals surface area contributed by atoms with E-state index >= 15 is 0 Å². The third kappa shape index (κ3) is 3.32. The third-order valence-corrected chi connectivity index (χ3v) is 2.64. The number of aryl methyl sites for hydroxylation is 1. The minimum atomic E-state index is -0.794. The van der Waals surface area contributed by atoms with Crippen LogP contribution in [0.5, 0.6) is 0 Å². The van der Waals surface area contributed by atoms with Gasteiger partial charge in [0, 0.05) is 18.3 Å². The SMILES string of the molecule is Cc1cc(C(=O)NCC(O)c2ccc(N)cc2)no1. The van der Waals surface area contributed by atoms with Crippen molar-refractivity contribution in [3.8, 4) is 0 Å². The molecule has 0 fully saturated rings. The molecule has 0 aliphatic rings. The number of hydrogen-bond acceptors (Lipinski definition) is 5. The van der Waals surface area contributed by atoms with Gasteiger partial charge in [-0.2, -0.15) is 0 Å². The Morgan fingerprint density at radius 3 is 2.74 bits per heavy atom.